The lowest BCUT2D eigenvalue weighted by atomic mass is 10.2. The van der Waals surface area contributed by atoms with Crippen molar-refractivity contribution in [2.75, 3.05) is 13.2 Å². The summed E-state index contributed by atoms with van der Waals surface area (Å²) in [7, 11) is 0. The molecule has 164 valence electrons. The van der Waals surface area contributed by atoms with Crippen LogP contribution in [0.25, 0.3) is 11.5 Å². The van der Waals surface area contributed by atoms with Gasteiger partial charge in [-0.3, -0.25) is 0 Å². The number of rotatable bonds is 8. The minimum Gasteiger partial charge on any atom is -0.462 e. The molecule has 0 aliphatic carbocycles. The SMILES string of the molecule is CCNC(=NCc1coc(-c2ccccc2)n1)NC(C)c1nc(C)c(C(=O)OCC)s1. The maximum atomic E-state index is 12.1. The van der Waals surface area contributed by atoms with Gasteiger partial charge in [-0.2, -0.15) is 0 Å². The Morgan fingerprint density at radius 1 is 1.26 bits per heavy atom. The van der Waals surface area contributed by atoms with Crippen molar-refractivity contribution in [3.8, 4) is 11.5 Å². The lowest BCUT2D eigenvalue weighted by molar-refractivity contribution is 0.0531. The Morgan fingerprint density at radius 2 is 2.03 bits per heavy atom. The number of carbonyl (C=O) groups excluding carboxylic acids is 1. The Bertz CT molecular complexity index is 1030. The number of oxazole rings is 1. The molecule has 3 rings (SSSR count). The first-order valence-electron chi connectivity index (χ1n) is 10.2. The Labute approximate surface area is 185 Å². The van der Waals surface area contributed by atoms with E-state index < -0.39 is 0 Å². The maximum absolute atomic E-state index is 12.1. The van der Waals surface area contributed by atoms with Gasteiger partial charge in [0.2, 0.25) is 5.89 Å². The summed E-state index contributed by atoms with van der Waals surface area (Å²) in [4.78, 5) is 26.2. The van der Waals surface area contributed by atoms with Crippen LogP contribution < -0.4 is 10.6 Å². The molecule has 2 N–H and O–H groups in total. The number of aliphatic imine (C=N–C) groups is 1. The molecule has 0 aliphatic rings. The fraction of sp³-hybridized carbons (Fsp3) is 0.364. The molecule has 1 aromatic carbocycles. The number of ether oxygens (including phenoxy) is 1. The summed E-state index contributed by atoms with van der Waals surface area (Å²) in [6.45, 7) is 8.98. The molecule has 0 saturated carbocycles. The quantitative estimate of drug-likeness (QED) is 0.308. The third kappa shape index (κ3) is 5.91. The van der Waals surface area contributed by atoms with E-state index in [0.717, 1.165) is 16.3 Å². The number of aromatic nitrogens is 2. The van der Waals surface area contributed by atoms with Gasteiger partial charge in [-0.25, -0.2) is 19.8 Å². The van der Waals surface area contributed by atoms with Crippen LogP contribution in [0.2, 0.25) is 0 Å². The largest absolute Gasteiger partial charge is 0.462 e. The van der Waals surface area contributed by atoms with Gasteiger partial charge in [-0.05, 0) is 39.8 Å². The van der Waals surface area contributed by atoms with Crippen molar-refractivity contribution >= 4 is 23.3 Å². The molecule has 0 bridgehead atoms. The highest BCUT2D eigenvalue weighted by Gasteiger charge is 2.20. The fourth-order valence-corrected chi connectivity index (χ4v) is 3.79. The summed E-state index contributed by atoms with van der Waals surface area (Å²) in [5, 5.41) is 7.34. The molecule has 1 unspecified atom stereocenters. The Hall–Kier alpha value is -3.20. The van der Waals surface area contributed by atoms with Crippen LogP contribution in [-0.2, 0) is 11.3 Å². The predicted molar refractivity (Wildman–Crippen MR) is 121 cm³/mol. The van der Waals surface area contributed by atoms with Crippen LogP contribution in [0.3, 0.4) is 0 Å². The van der Waals surface area contributed by atoms with E-state index in [0.29, 0.717) is 42.1 Å². The van der Waals surface area contributed by atoms with Gasteiger partial charge in [-0.15, -0.1) is 11.3 Å². The second kappa shape index (κ2) is 10.7. The van der Waals surface area contributed by atoms with Gasteiger partial charge in [0, 0.05) is 12.1 Å². The van der Waals surface area contributed by atoms with Gasteiger partial charge in [-0.1, -0.05) is 18.2 Å². The van der Waals surface area contributed by atoms with Crippen LogP contribution in [-0.4, -0.2) is 35.0 Å². The number of benzene rings is 1. The lowest BCUT2D eigenvalue weighted by Crippen LogP contribution is -2.38. The molecule has 31 heavy (non-hydrogen) atoms. The monoisotopic (exact) mass is 441 g/mol. The molecule has 0 amide bonds. The van der Waals surface area contributed by atoms with Crippen LogP contribution in [0.4, 0.5) is 0 Å². The number of hydrogen-bond donors (Lipinski definition) is 2. The van der Waals surface area contributed by atoms with Crippen molar-refractivity contribution in [3.05, 3.63) is 57.9 Å². The van der Waals surface area contributed by atoms with Gasteiger partial charge in [0.1, 0.15) is 21.8 Å². The molecule has 0 aliphatic heterocycles. The van der Waals surface area contributed by atoms with Crippen molar-refractivity contribution < 1.29 is 13.9 Å². The van der Waals surface area contributed by atoms with Crippen LogP contribution in [0.5, 0.6) is 0 Å². The highest BCUT2D eigenvalue weighted by molar-refractivity contribution is 7.13. The van der Waals surface area contributed by atoms with Crippen molar-refractivity contribution in [1.29, 1.82) is 0 Å². The third-order valence-corrected chi connectivity index (χ3v) is 5.63. The van der Waals surface area contributed by atoms with Gasteiger partial charge in [0.05, 0.1) is 24.9 Å². The van der Waals surface area contributed by atoms with Gasteiger partial charge in [0.15, 0.2) is 5.96 Å². The topological polar surface area (TPSA) is 102 Å². The summed E-state index contributed by atoms with van der Waals surface area (Å²) < 4.78 is 10.7. The summed E-state index contributed by atoms with van der Waals surface area (Å²) >= 11 is 1.33. The van der Waals surface area contributed by atoms with E-state index in [1.165, 1.54) is 11.3 Å². The highest BCUT2D eigenvalue weighted by Crippen LogP contribution is 2.24. The number of thiazole rings is 1. The number of guanidine groups is 1. The number of carbonyl (C=O) groups is 1. The smallest absolute Gasteiger partial charge is 0.350 e. The molecule has 1 atom stereocenters. The van der Waals surface area contributed by atoms with E-state index >= 15 is 0 Å². The standard InChI is InChI=1S/C22H27N5O3S/c1-5-23-22(24-12-17-13-30-19(27-17)16-10-8-7-9-11-16)26-15(4)20-25-14(3)18(31-20)21(28)29-6-2/h7-11,13,15H,5-6,12H2,1-4H3,(H2,23,24,26). The minimum absolute atomic E-state index is 0.137. The van der Waals surface area contributed by atoms with Crippen molar-refractivity contribution in [2.45, 2.75) is 40.3 Å². The molecule has 8 nitrogen and oxygen atoms in total. The van der Waals surface area contributed by atoms with Gasteiger partial charge in [0.25, 0.3) is 0 Å². The number of nitrogens with zero attached hydrogens (tertiary/aromatic N) is 3. The minimum atomic E-state index is -0.336. The number of aryl methyl sites for hydroxylation is 1. The van der Waals surface area contributed by atoms with Crippen molar-refractivity contribution in [2.24, 2.45) is 4.99 Å². The summed E-state index contributed by atoms with van der Waals surface area (Å²) in [6.07, 6.45) is 1.62. The Morgan fingerprint density at radius 3 is 2.74 bits per heavy atom. The maximum Gasteiger partial charge on any atom is 0.350 e. The highest BCUT2D eigenvalue weighted by atomic mass is 32.1. The van der Waals surface area contributed by atoms with Gasteiger partial charge < -0.3 is 19.8 Å². The molecular formula is C22H27N5O3S. The number of nitrogens with one attached hydrogen (secondary N) is 2. The molecule has 2 aromatic heterocycles. The Balaban J connectivity index is 1.68. The van der Waals surface area contributed by atoms with Crippen molar-refractivity contribution in [1.82, 2.24) is 20.6 Å². The average Bonchev–Trinajstić information content (AvgIpc) is 3.40. The first-order chi connectivity index (χ1) is 15.0. The zero-order valence-electron chi connectivity index (χ0n) is 18.1. The number of hydrogen-bond acceptors (Lipinski definition) is 7. The zero-order valence-corrected chi connectivity index (χ0v) is 19.0. The zero-order chi connectivity index (χ0) is 22.2. The van der Waals surface area contributed by atoms with E-state index in [2.05, 4.69) is 25.6 Å². The second-order valence-corrected chi connectivity index (χ2v) is 7.79. The summed E-state index contributed by atoms with van der Waals surface area (Å²) in [5.41, 5.74) is 2.33. The van der Waals surface area contributed by atoms with Crippen LogP contribution in [0.1, 0.15) is 52.9 Å². The van der Waals surface area contributed by atoms with Crippen molar-refractivity contribution in [3.63, 3.8) is 0 Å². The predicted octanol–water partition coefficient (Wildman–Crippen LogP) is 4.10. The molecule has 9 heteroatoms. The lowest BCUT2D eigenvalue weighted by Gasteiger charge is -2.15. The van der Waals surface area contributed by atoms with Crippen LogP contribution in [0.15, 0.2) is 46.0 Å². The molecule has 0 fully saturated rings. The molecule has 0 radical (unpaired) electrons. The van der Waals surface area contributed by atoms with Gasteiger partial charge >= 0.3 is 5.97 Å². The first kappa shape index (κ1) is 22.5. The molecular weight excluding hydrogens is 414 g/mol. The molecule has 0 spiro atoms. The van der Waals surface area contributed by atoms with E-state index in [1.54, 1.807) is 13.2 Å². The molecule has 0 saturated heterocycles. The van der Waals surface area contributed by atoms with E-state index in [1.807, 2.05) is 51.1 Å². The van der Waals surface area contributed by atoms with E-state index in [9.17, 15) is 4.79 Å². The van der Waals surface area contributed by atoms with E-state index in [-0.39, 0.29) is 12.0 Å². The average molecular weight is 442 g/mol. The summed E-state index contributed by atoms with van der Waals surface area (Å²) in [5.74, 6) is 0.864. The van der Waals surface area contributed by atoms with E-state index in [4.69, 9.17) is 9.15 Å². The van der Waals surface area contributed by atoms with Crippen LogP contribution in [0, 0.1) is 6.92 Å². The Kier molecular flexibility index (Phi) is 7.77. The first-order valence-corrected chi connectivity index (χ1v) is 11.0. The number of esters is 1. The molecule has 3 aromatic rings. The fourth-order valence-electron chi connectivity index (χ4n) is 2.83. The van der Waals surface area contributed by atoms with Crippen LogP contribution >= 0.6 is 11.3 Å². The normalized spacial score (nSPS) is 12.5. The summed E-state index contributed by atoms with van der Waals surface area (Å²) in [6, 6.07) is 9.60. The molecule has 2 heterocycles. The second-order valence-electron chi connectivity index (χ2n) is 6.76. The third-order valence-electron chi connectivity index (χ3n) is 4.31.